The Morgan fingerprint density at radius 2 is 0.389 bits per heavy atom. The molecular weight excluding hydrogens is 350 g/mol. The van der Waals surface area contributed by atoms with E-state index >= 15 is 0 Å². The van der Waals surface area contributed by atoms with Crippen LogP contribution in [-0.4, -0.2) is 134 Å². The van der Waals surface area contributed by atoms with E-state index in [2.05, 4.69) is 0 Å². The van der Waals surface area contributed by atoms with E-state index in [1.807, 2.05) is 0 Å². The number of hydrogen-bond acceptors (Lipinski definition) is 4. The second-order valence-electron chi connectivity index (χ2n) is 1.13. The minimum absolute atomic E-state index is 0. The van der Waals surface area contributed by atoms with Crippen molar-refractivity contribution in [2.75, 3.05) is 0 Å². The average Bonchev–Trinajstić information content (AvgIpc) is 1.76. The van der Waals surface area contributed by atoms with Crippen molar-refractivity contribution in [1.82, 2.24) is 0 Å². The van der Waals surface area contributed by atoms with Crippen LogP contribution in [0.2, 0.25) is 0 Å². The van der Waals surface area contributed by atoms with E-state index in [-0.39, 0.29) is 59.1 Å². The van der Waals surface area contributed by atoms with Gasteiger partial charge in [0.05, 0.1) is 0 Å². The Bertz CT molecular complexity index is 162. The van der Waals surface area contributed by atoms with Crippen molar-refractivity contribution in [3.63, 3.8) is 0 Å². The SMILES string of the molecule is O=[Si](O)O.O=[Si](O)O.O=[Si](O)O.O=[Si](O)O.[NaH].[NaH]. The molecule has 0 aromatic rings. The standard InChI is InChI=1S/2Na.4H2O3Si.2H/c;;4*1-4(2)3;;/h;;4*1-2H;;. The van der Waals surface area contributed by atoms with Crippen LogP contribution >= 0.6 is 0 Å². The van der Waals surface area contributed by atoms with E-state index in [0.717, 1.165) is 0 Å². The molecule has 0 aromatic carbocycles. The molecule has 12 nitrogen and oxygen atoms in total. The van der Waals surface area contributed by atoms with E-state index in [4.69, 9.17) is 56.2 Å². The zero-order valence-electron chi connectivity index (χ0n) is 7.21. The van der Waals surface area contributed by atoms with Crippen molar-refractivity contribution >= 4 is 95.8 Å². The molecule has 0 unspecified atom stereocenters. The number of rotatable bonds is 0. The normalized spacial score (nSPS) is 5.33. The molecule has 0 aliphatic carbocycles. The Labute approximate surface area is 150 Å². The van der Waals surface area contributed by atoms with Gasteiger partial charge in [-0.2, -0.15) is 0 Å². The van der Waals surface area contributed by atoms with Gasteiger partial charge in [0, 0.05) is 0 Å². The summed E-state index contributed by atoms with van der Waals surface area (Å²) in [6.45, 7) is 0. The second kappa shape index (κ2) is 30.5. The van der Waals surface area contributed by atoms with Crippen LogP contribution in [0, 0.1) is 0 Å². The van der Waals surface area contributed by atoms with Gasteiger partial charge >= 0.3 is 95.8 Å². The Morgan fingerprint density at radius 3 is 0.389 bits per heavy atom. The van der Waals surface area contributed by atoms with E-state index in [1.165, 1.54) is 0 Å². The van der Waals surface area contributed by atoms with Crippen LogP contribution in [0.3, 0.4) is 0 Å². The Hall–Kier alpha value is 0.468. The zero-order valence-corrected chi connectivity index (χ0v) is 11.2. The summed E-state index contributed by atoms with van der Waals surface area (Å²) < 4.78 is 35.0. The molecule has 18 heteroatoms. The third-order valence-corrected chi connectivity index (χ3v) is 0. The molecule has 18 heavy (non-hydrogen) atoms. The fraction of sp³-hybridized carbons (Fsp3) is 0. The van der Waals surface area contributed by atoms with Crippen molar-refractivity contribution in [3.05, 3.63) is 0 Å². The van der Waals surface area contributed by atoms with E-state index in [9.17, 15) is 0 Å². The molecule has 0 atom stereocenters. The Morgan fingerprint density at radius 1 is 0.389 bits per heavy atom. The predicted octanol–water partition coefficient (Wildman–Crippen LogP) is -7.75. The first-order valence-corrected chi connectivity index (χ1v) is 7.82. The molecule has 0 aliphatic heterocycles. The minimum atomic E-state index is -3.13. The molecule has 0 saturated heterocycles. The van der Waals surface area contributed by atoms with E-state index in [0.29, 0.717) is 0 Å². The van der Waals surface area contributed by atoms with Crippen LogP contribution in [0.4, 0.5) is 0 Å². The Balaban J connectivity index is -0.0000000257. The summed E-state index contributed by atoms with van der Waals surface area (Å²) in [5.74, 6) is 0. The van der Waals surface area contributed by atoms with Gasteiger partial charge in [0.25, 0.3) is 0 Å². The summed E-state index contributed by atoms with van der Waals surface area (Å²) in [4.78, 5) is 57.3. The topological polar surface area (TPSA) is 230 Å². The monoisotopic (exact) mass is 360 g/mol. The molecule has 100 valence electrons. The Kier molecular flexibility index (Phi) is 61.4. The average molecular weight is 360 g/mol. The summed E-state index contributed by atoms with van der Waals surface area (Å²) in [6, 6.07) is 0. The van der Waals surface area contributed by atoms with Crippen molar-refractivity contribution in [2.24, 2.45) is 0 Å². The fourth-order valence-corrected chi connectivity index (χ4v) is 0. The van der Waals surface area contributed by atoms with Crippen LogP contribution in [0.15, 0.2) is 0 Å². The molecule has 0 saturated carbocycles. The van der Waals surface area contributed by atoms with Crippen LogP contribution < -0.4 is 0 Å². The molecule has 0 amide bonds. The van der Waals surface area contributed by atoms with Gasteiger partial charge in [-0.25, -0.2) is 0 Å². The van der Waals surface area contributed by atoms with Crippen LogP contribution in [0.5, 0.6) is 0 Å². The molecule has 8 N–H and O–H groups in total. The maximum atomic E-state index is 8.74. The van der Waals surface area contributed by atoms with Crippen LogP contribution in [-0.2, 0) is 17.8 Å². The van der Waals surface area contributed by atoms with E-state index < -0.39 is 36.7 Å². The molecular formula is H10Na2O12Si4. The quantitative estimate of drug-likeness (QED) is 0.188. The van der Waals surface area contributed by atoms with Crippen LogP contribution in [0.25, 0.3) is 0 Å². The molecule has 0 radical (unpaired) electrons. The molecule has 0 aliphatic rings. The van der Waals surface area contributed by atoms with Crippen molar-refractivity contribution in [1.29, 1.82) is 0 Å². The van der Waals surface area contributed by atoms with Gasteiger partial charge in [-0.15, -0.1) is 0 Å². The predicted molar refractivity (Wildman–Crippen MR) is 57.8 cm³/mol. The first-order valence-electron chi connectivity index (χ1n) is 2.61. The summed E-state index contributed by atoms with van der Waals surface area (Å²) in [6.07, 6.45) is 0. The molecule has 0 heterocycles. The van der Waals surface area contributed by atoms with Gasteiger partial charge < -0.3 is 38.4 Å². The van der Waals surface area contributed by atoms with Crippen molar-refractivity contribution < 1.29 is 56.2 Å². The van der Waals surface area contributed by atoms with Gasteiger partial charge in [0.2, 0.25) is 0 Å². The zero-order chi connectivity index (χ0) is 14.3. The van der Waals surface area contributed by atoms with Gasteiger partial charge in [-0.1, -0.05) is 0 Å². The third-order valence-electron chi connectivity index (χ3n) is 0. The van der Waals surface area contributed by atoms with Crippen molar-refractivity contribution in [3.8, 4) is 0 Å². The molecule has 0 fully saturated rings. The maximum absolute atomic E-state index is 8.74. The molecule has 0 rings (SSSR count). The second-order valence-corrected chi connectivity index (χ2v) is 3.39. The summed E-state index contributed by atoms with van der Waals surface area (Å²) >= 11 is 0. The molecule has 0 spiro atoms. The van der Waals surface area contributed by atoms with Gasteiger partial charge in [-0.05, 0) is 0 Å². The van der Waals surface area contributed by atoms with Crippen molar-refractivity contribution in [2.45, 2.75) is 0 Å². The fourth-order valence-electron chi connectivity index (χ4n) is 0. The van der Waals surface area contributed by atoms with Crippen LogP contribution in [0.1, 0.15) is 0 Å². The number of hydrogen-bond donors (Lipinski definition) is 8. The summed E-state index contributed by atoms with van der Waals surface area (Å²) in [5, 5.41) is 0. The molecule has 0 bridgehead atoms. The van der Waals surface area contributed by atoms with E-state index in [1.54, 1.807) is 0 Å². The first-order chi connectivity index (χ1) is 6.93. The first kappa shape index (κ1) is 36.3. The third kappa shape index (κ3) is 18000. The summed E-state index contributed by atoms with van der Waals surface area (Å²) in [7, 11) is -12.5. The van der Waals surface area contributed by atoms with Gasteiger partial charge in [0.15, 0.2) is 0 Å². The van der Waals surface area contributed by atoms with Gasteiger partial charge in [0.1, 0.15) is 0 Å². The van der Waals surface area contributed by atoms with Gasteiger partial charge in [-0.3, -0.25) is 17.8 Å². The summed E-state index contributed by atoms with van der Waals surface area (Å²) in [5.41, 5.74) is 0. The molecule has 0 aromatic heterocycles.